The van der Waals surface area contributed by atoms with Gasteiger partial charge in [0.2, 0.25) is 0 Å². The van der Waals surface area contributed by atoms with E-state index in [1.807, 2.05) is 36.0 Å². The van der Waals surface area contributed by atoms with Gasteiger partial charge in [0.15, 0.2) is 5.65 Å². The molecule has 3 aliphatic rings. The Bertz CT molecular complexity index is 1250. The van der Waals surface area contributed by atoms with E-state index in [0.29, 0.717) is 11.5 Å². The number of nitrogens with one attached hydrogen (secondary N) is 2. The molecule has 1 aliphatic carbocycles. The average Bonchev–Trinajstić information content (AvgIpc) is 3.35. The summed E-state index contributed by atoms with van der Waals surface area (Å²) in [5.74, 6) is -2.07. The van der Waals surface area contributed by atoms with E-state index in [1.165, 1.54) is 10.7 Å². The van der Waals surface area contributed by atoms with Crippen molar-refractivity contribution in [1.29, 1.82) is 0 Å². The number of amides is 1. The molecule has 1 atom stereocenters. The Hall–Kier alpha value is -3.56. The summed E-state index contributed by atoms with van der Waals surface area (Å²) < 4.78 is 30.6. The molecule has 154 valence electrons. The first-order valence-electron chi connectivity index (χ1n) is 9.54. The van der Waals surface area contributed by atoms with Gasteiger partial charge < -0.3 is 15.2 Å². The Kier molecular flexibility index (Phi) is 3.99. The fraction of sp³-hybridized carbons (Fsp3) is 0.300. The molecular formula is C20H19F2N7O. The number of alkyl halides is 2. The van der Waals surface area contributed by atoms with Crippen molar-refractivity contribution in [2.45, 2.75) is 24.8 Å². The summed E-state index contributed by atoms with van der Waals surface area (Å²) in [5.41, 5.74) is 2.75. The highest BCUT2D eigenvalue weighted by Gasteiger charge is 2.49. The highest BCUT2D eigenvalue weighted by molar-refractivity contribution is 6.00. The number of hydrogen-bond acceptors (Lipinski definition) is 5. The smallest absolute Gasteiger partial charge is 0.267 e. The third-order valence-electron chi connectivity index (χ3n) is 5.58. The van der Waals surface area contributed by atoms with Crippen molar-refractivity contribution in [3.05, 3.63) is 42.4 Å². The van der Waals surface area contributed by atoms with Crippen LogP contribution in [-0.2, 0) is 7.05 Å². The molecule has 1 amide bonds. The lowest BCUT2D eigenvalue weighted by Gasteiger charge is -2.36. The van der Waals surface area contributed by atoms with Crippen LogP contribution in [0.3, 0.4) is 0 Å². The van der Waals surface area contributed by atoms with E-state index in [0.717, 1.165) is 17.0 Å². The quantitative estimate of drug-likeness (QED) is 0.539. The van der Waals surface area contributed by atoms with Crippen LogP contribution in [0.5, 0.6) is 0 Å². The maximum Gasteiger partial charge on any atom is 0.267 e. The first-order chi connectivity index (χ1) is 14.4. The summed E-state index contributed by atoms with van der Waals surface area (Å²) >= 11 is 0. The molecule has 4 heterocycles. The molecular weight excluding hydrogens is 392 g/mol. The van der Waals surface area contributed by atoms with E-state index in [9.17, 15) is 13.6 Å². The van der Waals surface area contributed by atoms with E-state index >= 15 is 0 Å². The largest absolute Gasteiger partial charge is 0.373 e. The second-order valence-electron chi connectivity index (χ2n) is 7.42. The molecule has 0 spiro atoms. The predicted molar refractivity (Wildman–Crippen MR) is 107 cm³/mol. The molecule has 8 nitrogen and oxygen atoms in total. The minimum absolute atomic E-state index is 0.144. The number of aromatic nitrogens is 5. The van der Waals surface area contributed by atoms with Crippen LogP contribution in [0, 0.1) is 0 Å². The van der Waals surface area contributed by atoms with Crippen LogP contribution in [0.4, 0.5) is 14.6 Å². The molecule has 1 saturated carbocycles. The average molecular weight is 411 g/mol. The van der Waals surface area contributed by atoms with Gasteiger partial charge in [0, 0.05) is 50.1 Å². The van der Waals surface area contributed by atoms with Crippen LogP contribution < -0.4 is 10.6 Å². The van der Waals surface area contributed by atoms with Gasteiger partial charge in [0.05, 0.1) is 17.9 Å². The van der Waals surface area contributed by atoms with Gasteiger partial charge in [-0.15, -0.1) is 0 Å². The Balaban J connectivity index is 1.59. The monoisotopic (exact) mass is 411 g/mol. The van der Waals surface area contributed by atoms with Gasteiger partial charge in [-0.05, 0) is 18.6 Å². The number of halogens is 2. The summed E-state index contributed by atoms with van der Waals surface area (Å²) in [6, 6.07) is 4.52. The molecule has 30 heavy (non-hydrogen) atoms. The molecule has 2 aromatic rings. The summed E-state index contributed by atoms with van der Waals surface area (Å²) in [4.78, 5) is 21.8. The van der Waals surface area contributed by atoms with Gasteiger partial charge >= 0.3 is 0 Å². The van der Waals surface area contributed by atoms with Crippen LogP contribution in [0.25, 0.3) is 28.3 Å². The van der Waals surface area contributed by atoms with E-state index < -0.39 is 17.9 Å². The third-order valence-corrected chi connectivity index (χ3v) is 5.58. The number of rotatable bonds is 4. The molecule has 2 N–H and O–H groups in total. The number of carbonyl (C=O) groups excluding carboxylic acids is 1. The second kappa shape index (κ2) is 6.48. The number of hydrogen-bond donors (Lipinski definition) is 2. The molecule has 1 fully saturated rings. The number of anilines is 1. The molecule has 0 saturated heterocycles. The van der Waals surface area contributed by atoms with Crippen molar-refractivity contribution in [3.63, 3.8) is 0 Å². The zero-order chi connectivity index (χ0) is 21.0. The number of fused-ring (bicyclic) bond motifs is 2. The summed E-state index contributed by atoms with van der Waals surface area (Å²) in [6.45, 7) is 0. The van der Waals surface area contributed by atoms with Crippen molar-refractivity contribution in [3.8, 4) is 22.6 Å². The molecule has 0 aromatic carbocycles. The lowest BCUT2D eigenvalue weighted by Crippen LogP contribution is -2.55. The van der Waals surface area contributed by atoms with Crippen molar-refractivity contribution < 1.29 is 13.6 Å². The first-order valence-corrected chi connectivity index (χ1v) is 9.54. The number of pyridine rings is 1. The highest BCUT2D eigenvalue weighted by atomic mass is 19.3. The summed E-state index contributed by atoms with van der Waals surface area (Å²) in [5, 5.41) is 9.68. The molecule has 5 rings (SSSR count). The standard InChI is InChI=1S/C20H19F2N7O/c1-23-16-8-14(12-9-24-17-11(12)4-3-7-28(17)2)26-18-13(10-25-29(16)18)19(30)27-15-5-6-20(15,21)22/h3-4,7-10,15,23H,5-6H2,1-2H3,(H,27,30). The zero-order valence-electron chi connectivity index (χ0n) is 16.4. The van der Waals surface area contributed by atoms with Crippen molar-refractivity contribution in [1.82, 2.24) is 29.5 Å². The fourth-order valence-corrected chi connectivity index (χ4v) is 3.73. The van der Waals surface area contributed by atoms with Crippen molar-refractivity contribution in [2.75, 3.05) is 12.4 Å². The fourth-order valence-electron chi connectivity index (χ4n) is 3.73. The van der Waals surface area contributed by atoms with Gasteiger partial charge in [-0.2, -0.15) is 9.61 Å². The Morgan fingerprint density at radius 1 is 1.30 bits per heavy atom. The predicted octanol–water partition coefficient (Wildman–Crippen LogP) is 2.80. The Morgan fingerprint density at radius 2 is 2.13 bits per heavy atom. The number of aryl methyl sites for hydroxylation is 1. The molecule has 1 unspecified atom stereocenters. The van der Waals surface area contributed by atoms with E-state index in [2.05, 4.69) is 25.7 Å². The molecule has 2 aromatic heterocycles. The summed E-state index contributed by atoms with van der Waals surface area (Å²) in [6.07, 6.45) is 5.02. The lowest BCUT2D eigenvalue weighted by molar-refractivity contribution is -0.102. The number of carbonyl (C=O) groups is 1. The van der Waals surface area contributed by atoms with E-state index in [4.69, 9.17) is 0 Å². The minimum atomic E-state index is -2.87. The minimum Gasteiger partial charge on any atom is -0.373 e. The maximum atomic E-state index is 13.6. The van der Waals surface area contributed by atoms with E-state index in [-0.39, 0.29) is 24.1 Å². The summed E-state index contributed by atoms with van der Waals surface area (Å²) in [7, 11) is 3.64. The second-order valence-corrected chi connectivity index (χ2v) is 7.42. The van der Waals surface area contributed by atoms with Gasteiger partial charge in [0.25, 0.3) is 11.8 Å². The van der Waals surface area contributed by atoms with Crippen LogP contribution in [-0.4, -0.2) is 49.1 Å². The molecule has 10 heteroatoms. The Labute approximate surface area is 170 Å². The van der Waals surface area contributed by atoms with Crippen molar-refractivity contribution >= 4 is 17.4 Å². The van der Waals surface area contributed by atoms with Crippen LogP contribution >= 0.6 is 0 Å². The normalized spacial score (nSPS) is 17.8. The number of nitrogens with zero attached hydrogens (tertiary/aromatic N) is 5. The van der Waals surface area contributed by atoms with Gasteiger partial charge in [-0.1, -0.05) is 0 Å². The van der Waals surface area contributed by atoms with Gasteiger partial charge in [-0.25, -0.2) is 18.7 Å². The van der Waals surface area contributed by atoms with E-state index in [1.54, 1.807) is 13.2 Å². The van der Waals surface area contributed by atoms with Crippen LogP contribution in [0.1, 0.15) is 23.2 Å². The molecule has 0 radical (unpaired) electrons. The molecule has 0 bridgehead atoms. The maximum absolute atomic E-state index is 13.6. The van der Waals surface area contributed by atoms with Gasteiger partial charge in [0.1, 0.15) is 17.2 Å². The topological polar surface area (TPSA) is 89.1 Å². The van der Waals surface area contributed by atoms with Crippen LogP contribution in [0.15, 0.2) is 36.8 Å². The third kappa shape index (κ3) is 2.71. The lowest BCUT2D eigenvalue weighted by atomic mass is 9.88. The van der Waals surface area contributed by atoms with Crippen molar-refractivity contribution in [2.24, 2.45) is 7.05 Å². The van der Waals surface area contributed by atoms with Crippen LogP contribution in [0.2, 0.25) is 0 Å². The SMILES string of the molecule is CNc1cc(-c2cnc3n(C)cccc2-3)nc2c(C(=O)NC3CCC3(F)F)cnn12. The first kappa shape index (κ1) is 18.5. The molecule has 2 aliphatic heterocycles. The van der Waals surface area contributed by atoms with Gasteiger partial charge in [-0.3, -0.25) is 4.79 Å². The Morgan fingerprint density at radius 3 is 2.83 bits per heavy atom. The highest BCUT2D eigenvalue weighted by Crippen LogP contribution is 2.38. The zero-order valence-corrected chi connectivity index (χ0v) is 16.4.